The predicted octanol–water partition coefficient (Wildman–Crippen LogP) is 2.97. The van der Waals surface area contributed by atoms with E-state index >= 15 is 0 Å². The summed E-state index contributed by atoms with van der Waals surface area (Å²) in [6.45, 7) is 2.34. The summed E-state index contributed by atoms with van der Waals surface area (Å²) in [5, 5.41) is 0. The highest BCUT2D eigenvalue weighted by Gasteiger charge is 2.46. The third-order valence-electron chi connectivity index (χ3n) is 4.96. The van der Waals surface area contributed by atoms with E-state index < -0.39 is 12.1 Å². The summed E-state index contributed by atoms with van der Waals surface area (Å²) in [5.74, 6) is -1.10. The van der Waals surface area contributed by atoms with Crippen LogP contribution in [-0.4, -0.2) is 45.7 Å². The van der Waals surface area contributed by atoms with Crippen LogP contribution in [0.2, 0.25) is 0 Å². The fourth-order valence-corrected chi connectivity index (χ4v) is 3.65. The lowest BCUT2D eigenvalue weighted by Crippen LogP contribution is -2.54. The Balaban J connectivity index is 2.08. The molecule has 1 heterocycles. The number of fused-ring (bicyclic) bond motifs is 1. The van der Waals surface area contributed by atoms with Gasteiger partial charge in [-0.1, -0.05) is 24.3 Å². The molecule has 0 saturated carbocycles. The number of nitrogens with zero attached hydrogens (tertiary/aromatic N) is 2. The van der Waals surface area contributed by atoms with Crippen molar-refractivity contribution >= 4 is 23.1 Å². The number of ether oxygens (including phenoxy) is 2. The van der Waals surface area contributed by atoms with Gasteiger partial charge in [-0.05, 0) is 31.2 Å². The Hall–Kier alpha value is -2.86. The van der Waals surface area contributed by atoms with Crippen LogP contribution in [0.25, 0.3) is 0 Å². The molecule has 2 aromatic carbocycles. The first kappa shape index (κ1) is 18.9. The molecule has 0 fully saturated rings. The molecule has 1 aliphatic rings. The standard InChI is InChI=1S/C21H24N2O4/c1-5-23(14-10-7-6-8-11-14)20(25)18-19(24)17-15(22(2)21(18)27-4)12-9-13-16(17)26-3/h6-13,18,21H,5H2,1-4H3. The van der Waals surface area contributed by atoms with Crippen molar-refractivity contribution in [1.82, 2.24) is 0 Å². The van der Waals surface area contributed by atoms with E-state index in [1.54, 1.807) is 11.0 Å². The minimum Gasteiger partial charge on any atom is -0.496 e. The van der Waals surface area contributed by atoms with Gasteiger partial charge in [-0.15, -0.1) is 0 Å². The lowest BCUT2D eigenvalue weighted by atomic mass is 9.87. The van der Waals surface area contributed by atoms with Crippen molar-refractivity contribution in [2.75, 3.05) is 37.6 Å². The van der Waals surface area contributed by atoms with Crippen molar-refractivity contribution in [2.45, 2.75) is 13.2 Å². The summed E-state index contributed by atoms with van der Waals surface area (Å²) in [6, 6.07) is 14.7. The SMILES string of the molecule is CCN(C(=O)C1C(=O)c2c(OC)cccc2N(C)C1OC)c1ccccc1. The number of hydrogen-bond donors (Lipinski definition) is 0. The van der Waals surface area contributed by atoms with E-state index in [-0.39, 0.29) is 11.7 Å². The van der Waals surface area contributed by atoms with E-state index in [0.717, 1.165) is 5.69 Å². The molecule has 0 radical (unpaired) electrons. The first-order chi connectivity index (χ1) is 13.0. The van der Waals surface area contributed by atoms with Gasteiger partial charge in [-0.25, -0.2) is 0 Å². The number of carbonyl (C=O) groups is 2. The molecule has 0 saturated heterocycles. The Morgan fingerprint density at radius 3 is 2.41 bits per heavy atom. The average molecular weight is 368 g/mol. The predicted molar refractivity (Wildman–Crippen MR) is 104 cm³/mol. The third-order valence-corrected chi connectivity index (χ3v) is 4.96. The molecule has 1 amide bonds. The summed E-state index contributed by atoms with van der Waals surface area (Å²) in [6.07, 6.45) is -0.692. The first-order valence-electron chi connectivity index (χ1n) is 8.88. The zero-order chi connectivity index (χ0) is 19.6. The number of amides is 1. The van der Waals surface area contributed by atoms with Crippen LogP contribution in [0, 0.1) is 5.92 Å². The minimum atomic E-state index is -0.982. The number of Topliss-reactive ketones (excluding diaryl/α,β-unsaturated/α-hetero) is 1. The molecule has 6 nitrogen and oxygen atoms in total. The highest BCUT2D eigenvalue weighted by atomic mass is 16.5. The maximum absolute atomic E-state index is 13.4. The van der Waals surface area contributed by atoms with E-state index in [1.165, 1.54) is 14.2 Å². The van der Waals surface area contributed by atoms with Crippen LogP contribution in [0.15, 0.2) is 48.5 Å². The van der Waals surface area contributed by atoms with Gasteiger partial charge in [-0.2, -0.15) is 0 Å². The number of methoxy groups -OCH3 is 2. The van der Waals surface area contributed by atoms with Gasteiger partial charge in [0.15, 0.2) is 5.78 Å². The Labute approximate surface area is 159 Å². The van der Waals surface area contributed by atoms with Crippen molar-refractivity contribution in [3.05, 3.63) is 54.1 Å². The number of ketones is 1. The fourth-order valence-electron chi connectivity index (χ4n) is 3.65. The topological polar surface area (TPSA) is 59.1 Å². The maximum Gasteiger partial charge on any atom is 0.242 e. The smallest absolute Gasteiger partial charge is 0.242 e. The van der Waals surface area contributed by atoms with Crippen molar-refractivity contribution < 1.29 is 19.1 Å². The second-order valence-electron chi connectivity index (χ2n) is 6.35. The number of hydrogen-bond acceptors (Lipinski definition) is 5. The molecule has 2 aromatic rings. The molecule has 3 rings (SSSR count). The number of carbonyl (C=O) groups excluding carboxylic acids is 2. The molecule has 0 aliphatic carbocycles. The van der Waals surface area contributed by atoms with Crippen LogP contribution >= 0.6 is 0 Å². The van der Waals surface area contributed by atoms with E-state index in [9.17, 15) is 9.59 Å². The summed E-state index contributed by atoms with van der Waals surface area (Å²) >= 11 is 0. The molecule has 2 unspecified atom stereocenters. The van der Waals surface area contributed by atoms with Crippen molar-refractivity contribution in [1.29, 1.82) is 0 Å². The first-order valence-corrected chi connectivity index (χ1v) is 8.88. The van der Waals surface area contributed by atoms with Gasteiger partial charge < -0.3 is 19.3 Å². The van der Waals surface area contributed by atoms with Gasteiger partial charge in [0, 0.05) is 26.4 Å². The molecular formula is C21H24N2O4. The number of rotatable bonds is 5. The maximum atomic E-state index is 13.4. The second-order valence-corrected chi connectivity index (χ2v) is 6.35. The van der Waals surface area contributed by atoms with Crippen LogP contribution in [0.1, 0.15) is 17.3 Å². The van der Waals surface area contributed by atoms with Crippen LogP contribution in [0.3, 0.4) is 0 Å². The van der Waals surface area contributed by atoms with Crippen LogP contribution in [-0.2, 0) is 9.53 Å². The Morgan fingerprint density at radius 2 is 1.81 bits per heavy atom. The second kappa shape index (κ2) is 7.80. The Morgan fingerprint density at radius 1 is 1.11 bits per heavy atom. The average Bonchev–Trinajstić information content (AvgIpc) is 2.71. The van der Waals surface area contributed by atoms with E-state index in [0.29, 0.717) is 23.5 Å². The van der Waals surface area contributed by atoms with E-state index in [4.69, 9.17) is 9.47 Å². The summed E-state index contributed by atoms with van der Waals surface area (Å²) < 4.78 is 11.0. The number of benzene rings is 2. The molecule has 0 N–H and O–H groups in total. The molecule has 2 atom stereocenters. The molecule has 142 valence electrons. The van der Waals surface area contributed by atoms with Crippen molar-refractivity contribution in [3.8, 4) is 5.75 Å². The van der Waals surface area contributed by atoms with Gasteiger partial charge in [0.1, 0.15) is 17.9 Å². The molecule has 1 aliphatic heterocycles. The van der Waals surface area contributed by atoms with E-state index in [2.05, 4.69) is 0 Å². The van der Waals surface area contributed by atoms with Crippen LogP contribution < -0.4 is 14.5 Å². The van der Waals surface area contributed by atoms with Crippen LogP contribution in [0.4, 0.5) is 11.4 Å². The summed E-state index contributed by atoms with van der Waals surface area (Å²) in [4.78, 5) is 30.2. The number of anilines is 2. The quantitative estimate of drug-likeness (QED) is 0.760. The largest absolute Gasteiger partial charge is 0.496 e. The van der Waals surface area contributed by atoms with Gasteiger partial charge in [0.2, 0.25) is 5.91 Å². The fraction of sp³-hybridized carbons (Fsp3) is 0.333. The lowest BCUT2D eigenvalue weighted by molar-refractivity contribution is -0.124. The van der Waals surface area contributed by atoms with Gasteiger partial charge >= 0.3 is 0 Å². The zero-order valence-corrected chi connectivity index (χ0v) is 16.0. The highest BCUT2D eigenvalue weighted by Crippen LogP contribution is 2.39. The Kier molecular flexibility index (Phi) is 5.46. The zero-order valence-electron chi connectivity index (χ0n) is 16.0. The van der Waals surface area contributed by atoms with E-state index in [1.807, 2.05) is 61.3 Å². The molecule has 27 heavy (non-hydrogen) atoms. The van der Waals surface area contributed by atoms with Gasteiger partial charge in [0.25, 0.3) is 0 Å². The van der Waals surface area contributed by atoms with Gasteiger partial charge in [-0.3, -0.25) is 9.59 Å². The summed E-state index contributed by atoms with van der Waals surface area (Å²) in [5.41, 5.74) is 1.86. The molecule has 0 bridgehead atoms. The minimum absolute atomic E-state index is 0.285. The summed E-state index contributed by atoms with van der Waals surface area (Å²) in [7, 11) is 4.85. The molecule has 0 spiro atoms. The van der Waals surface area contributed by atoms with Crippen molar-refractivity contribution in [3.63, 3.8) is 0 Å². The third kappa shape index (κ3) is 3.17. The molecule has 0 aromatic heterocycles. The molecular weight excluding hydrogens is 344 g/mol. The molecule has 6 heteroatoms. The van der Waals surface area contributed by atoms with Crippen molar-refractivity contribution in [2.24, 2.45) is 5.92 Å². The van der Waals surface area contributed by atoms with Crippen LogP contribution in [0.5, 0.6) is 5.75 Å². The monoisotopic (exact) mass is 368 g/mol. The normalized spacial score (nSPS) is 18.8. The van der Waals surface area contributed by atoms with Gasteiger partial charge in [0.05, 0.1) is 18.4 Å². The lowest BCUT2D eigenvalue weighted by Gasteiger charge is -2.40. The number of para-hydroxylation sites is 1. The highest BCUT2D eigenvalue weighted by molar-refractivity contribution is 6.19. The Bertz CT molecular complexity index is 837.